The molecule has 0 spiro atoms. The highest BCUT2D eigenvalue weighted by Gasteiger charge is 2.63. The molecule has 3 aromatic rings. The van der Waals surface area contributed by atoms with E-state index in [2.05, 4.69) is 15.9 Å². The zero-order valence-electron chi connectivity index (χ0n) is 21.6. The van der Waals surface area contributed by atoms with Crippen molar-refractivity contribution in [3.05, 3.63) is 128 Å². The summed E-state index contributed by atoms with van der Waals surface area (Å²) in [5.41, 5.74) is 1.54. The number of imide groups is 1. The number of nitro benzene ring substituents is 1. The van der Waals surface area contributed by atoms with Gasteiger partial charge in [-0.2, -0.15) is 0 Å². The first-order valence-corrected chi connectivity index (χ1v) is 13.7. The van der Waals surface area contributed by atoms with E-state index in [1.54, 1.807) is 84.8 Å². The van der Waals surface area contributed by atoms with Gasteiger partial charge in [0.15, 0.2) is 11.6 Å². The summed E-state index contributed by atoms with van der Waals surface area (Å²) in [7, 11) is 0. The van der Waals surface area contributed by atoms with E-state index in [1.165, 1.54) is 18.2 Å². The molecule has 3 heterocycles. The second-order valence-electron chi connectivity index (χ2n) is 10.2. The van der Waals surface area contributed by atoms with Crippen LogP contribution in [-0.4, -0.2) is 45.3 Å². The molecule has 2 saturated heterocycles. The van der Waals surface area contributed by atoms with Crippen LogP contribution in [0.1, 0.15) is 26.3 Å². The van der Waals surface area contributed by atoms with Crippen LogP contribution in [0, 0.1) is 28.9 Å². The van der Waals surface area contributed by atoms with Gasteiger partial charge < -0.3 is 4.90 Å². The fourth-order valence-electron chi connectivity index (χ4n) is 5.93. The van der Waals surface area contributed by atoms with Crippen molar-refractivity contribution >= 4 is 50.7 Å². The summed E-state index contributed by atoms with van der Waals surface area (Å²) < 4.78 is 0.778. The molecule has 0 N–H and O–H groups in total. The lowest BCUT2D eigenvalue weighted by atomic mass is 9.85. The molecule has 2 fully saturated rings. The lowest BCUT2D eigenvalue weighted by Crippen LogP contribution is -2.46. The SMILES string of the molecule is Cc1ccc([N+](=O)[O-])cc1N1C(=O)[C@@H]2[C@@H](C1=O)[C@@H]1C=C(C(=O)c3ccccc3)C=CN1[C@@H]2C(=O)c1ccc(Br)cc1. The number of hydrogen-bond donors (Lipinski definition) is 0. The van der Waals surface area contributed by atoms with E-state index in [0.29, 0.717) is 22.3 Å². The van der Waals surface area contributed by atoms with E-state index in [-0.39, 0.29) is 22.9 Å². The summed E-state index contributed by atoms with van der Waals surface area (Å²) in [6.07, 6.45) is 4.87. The second kappa shape index (κ2) is 10.0. The Morgan fingerprint density at radius 1 is 0.902 bits per heavy atom. The first kappa shape index (κ1) is 26.5. The summed E-state index contributed by atoms with van der Waals surface area (Å²) >= 11 is 3.37. The minimum absolute atomic E-state index is 0.112. The highest BCUT2D eigenvalue weighted by molar-refractivity contribution is 9.10. The number of non-ortho nitro benzene ring substituents is 1. The highest BCUT2D eigenvalue weighted by Crippen LogP contribution is 2.48. The molecule has 3 aliphatic rings. The van der Waals surface area contributed by atoms with Crippen molar-refractivity contribution in [3.8, 4) is 0 Å². The lowest BCUT2D eigenvalue weighted by molar-refractivity contribution is -0.384. The van der Waals surface area contributed by atoms with Gasteiger partial charge in [0.05, 0.1) is 28.5 Å². The van der Waals surface area contributed by atoms with Gasteiger partial charge in [-0.3, -0.25) is 29.3 Å². The van der Waals surface area contributed by atoms with Crippen molar-refractivity contribution in [1.82, 2.24) is 4.90 Å². The minimum Gasteiger partial charge on any atom is -0.359 e. The Hall–Kier alpha value is -4.70. The standard InChI is InChI=1S/C31H22BrN3O6/c1-17-7-12-22(35(40)41)16-23(17)34-30(38)25-24-15-20(28(36)18-5-3-2-4-6-18)13-14-33(24)27(26(25)31(34)39)29(37)19-8-10-21(32)11-9-19/h2-16,24-27H,1H3/t24-,25-,26+,27-/m0/s1. The number of Topliss-reactive ketones (excluding diaryl/α,β-unsaturated/α-hetero) is 2. The molecule has 41 heavy (non-hydrogen) atoms. The predicted octanol–water partition coefficient (Wildman–Crippen LogP) is 5.04. The Morgan fingerprint density at radius 2 is 1.59 bits per heavy atom. The quantitative estimate of drug-likeness (QED) is 0.166. The van der Waals surface area contributed by atoms with Crippen LogP contribution in [0.3, 0.4) is 0 Å². The van der Waals surface area contributed by atoms with Gasteiger partial charge in [-0.05, 0) is 30.7 Å². The van der Waals surface area contributed by atoms with Crippen LogP contribution in [0.25, 0.3) is 0 Å². The highest BCUT2D eigenvalue weighted by atomic mass is 79.9. The summed E-state index contributed by atoms with van der Waals surface area (Å²) in [5.74, 6) is -3.80. The van der Waals surface area contributed by atoms with E-state index in [9.17, 15) is 29.3 Å². The third-order valence-electron chi connectivity index (χ3n) is 7.89. The average molecular weight is 612 g/mol. The zero-order valence-corrected chi connectivity index (χ0v) is 23.2. The van der Waals surface area contributed by atoms with Crippen molar-refractivity contribution < 1.29 is 24.1 Å². The fourth-order valence-corrected chi connectivity index (χ4v) is 6.19. The van der Waals surface area contributed by atoms with E-state index >= 15 is 0 Å². The van der Waals surface area contributed by atoms with Gasteiger partial charge in [0.1, 0.15) is 6.04 Å². The largest absolute Gasteiger partial charge is 0.359 e. The van der Waals surface area contributed by atoms with Crippen LogP contribution in [0.5, 0.6) is 0 Å². The van der Waals surface area contributed by atoms with Gasteiger partial charge in [-0.15, -0.1) is 0 Å². The van der Waals surface area contributed by atoms with Crippen LogP contribution in [-0.2, 0) is 9.59 Å². The molecule has 0 aliphatic carbocycles. The monoisotopic (exact) mass is 611 g/mol. The molecule has 6 rings (SSSR count). The van der Waals surface area contributed by atoms with Crippen LogP contribution in [0.15, 0.2) is 101 Å². The summed E-state index contributed by atoms with van der Waals surface area (Å²) in [6, 6.07) is 17.7. The Kier molecular flexibility index (Phi) is 6.50. The molecule has 3 aromatic carbocycles. The predicted molar refractivity (Wildman–Crippen MR) is 153 cm³/mol. The van der Waals surface area contributed by atoms with Crippen molar-refractivity contribution in [2.24, 2.45) is 11.8 Å². The molecule has 9 nitrogen and oxygen atoms in total. The van der Waals surface area contributed by atoms with Gasteiger partial charge in [0.25, 0.3) is 5.69 Å². The van der Waals surface area contributed by atoms with Crippen molar-refractivity contribution in [2.75, 3.05) is 4.90 Å². The van der Waals surface area contributed by atoms with Gasteiger partial charge in [0, 0.05) is 39.5 Å². The number of allylic oxidation sites excluding steroid dienone is 2. The van der Waals surface area contributed by atoms with E-state index < -0.39 is 40.7 Å². The van der Waals surface area contributed by atoms with Crippen LogP contribution >= 0.6 is 15.9 Å². The van der Waals surface area contributed by atoms with Gasteiger partial charge in [0.2, 0.25) is 11.8 Å². The number of aryl methyl sites for hydroxylation is 1. The number of amides is 2. The van der Waals surface area contributed by atoms with Crippen molar-refractivity contribution in [2.45, 2.75) is 19.0 Å². The number of hydrogen-bond acceptors (Lipinski definition) is 7. The maximum atomic E-state index is 14.0. The Bertz CT molecular complexity index is 1700. The van der Waals surface area contributed by atoms with Gasteiger partial charge >= 0.3 is 0 Å². The number of ketones is 2. The Morgan fingerprint density at radius 3 is 2.27 bits per heavy atom. The number of rotatable bonds is 6. The third kappa shape index (κ3) is 4.31. The average Bonchev–Trinajstić information content (AvgIpc) is 3.44. The van der Waals surface area contributed by atoms with Crippen LogP contribution < -0.4 is 4.90 Å². The minimum atomic E-state index is -1.06. The maximum absolute atomic E-state index is 14.0. The molecular formula is C31H22BrN3O6. The number of fused-ring (bicyclic) bond motifs is 3. The fraction of sp³-hybridized carbons (Fsp3) is 0.161. The smallest absolute Gasteiger partial charge is 0.271 e. The molecule has 0 aromatic heterocycles. The summed E-state index contributed by atoms with van der Waals surface area (Å²) in [4.78, 5) is 68.9. The van der Waals surface area contributed by atoms with Gasteiger partial charge in [-0.25, -0.2) is 4.90 Å². The molecule has 10 heteroatoms. The molecule has 0 bridgehead atoms. The second-order valence-corrected chi connectivity index (χ2v) is 11.1. The Labute approximate surface area is 243 Å². The van der Waals surface area contributed by atoms with E-state index in [4.69, 9.17) is 0 Å². The number of anilines is 1. The summed E-state index contributed by atoms with van der Waals surface area (Å²) in [6.45, 7) is 1.66. The van der Waals surface area contributed by atoms with Crippen LogP contribution in [0.2, 0.25) is 0 Å². The molecule has 0 unspecified atom stereocenters. The van der Waals surface area contributed by atoms with E-state index in [1.807, 2.05) is 0 Å². The van der Waals surface area contributed by atoms with Crippen LogP contribution in [0.4, 0.5) is 11.4 Å². The third-order valence-corrected chi connectivity index (χ3v) is 8.42. The first-order valence-electron chi connectivity index (χ1n) is 12.9. The number of nitro groups is 1. The first-order chi connectivity index (χ1) is 19.7. The zero-order chi connectivity index (χ0) is 29.0. The molecule has 4 atom stereocenters. The molecule has 0 saturated carbocycles. The maximum Gasteiger partial charge on any atom is 0.271 e. The number of nitrogens with zero attached hydrogens (tertiary/aromatic N) is 3. The topological polar surface area (TPSA) is 118 Å². The van der Waals surface area contributed by atoms with E-state index in [0.717, 1.165) is 9.37 Å². The van der Waals surface area contributed by atoms with Gasteiger partial charge in [-0.1, -0.05) is 70.5 Å². The molecular weight excluding hydrogens is 590 g/mol. The molecule has 3 aliphatic heterocycles. The Balaban J connectivity index is 1.45. The number of carbonyl (C=O) groups excluding carboxylic acids is 4. The van der Waals surface area contributed by atoms with Crippen molar-refractivity contribution in [1.29, 1.82) is 0 Å². The molecule has 204 valence electrons. The molecule has 0 radical (unpaired) electrons. The normalized spacial score (nSPS) is 22.8. The lowest BCUT2D eigenvalue weighted by Gasteiger charge is -2.33. The number of carbonyl (C=O) groups is 4. The van der Waals surface area contributed by atoms with Crippen molar-refractivity contribution in [3.63, 3.8) is 0 Å². The molecule has 2 amide bonds. The number of benzene rings is 3. The number of halogens is 1. The summed E-state index contributed by atoms with van der Waals surface area (Å²) in [5, 5.41) is 11.5.